The normalized spacial score (nSPS) is 15.0. The number of ether oxygens (including phenoxy) is 1. The minimum atomic E-state index is -1.03. The molecule has 3 amide bonds. The molecule has 0 spiro atoms. The number of anilines is 2. The summed E-state index contributed by atoms with van der Waals surface area (Å²) in [5.74, 6) is -4.70. The molecule has 0 radical (unpaired) electrons. The van der Waals surface area contributed by atoms with E-state index in [0.29, 0.717) is 24.0 Å². The highest BCUT2D eigenvalue weighted by Crippen LogP contribution is 2.34. The van der Waals surface area contributed by atoms with E-state index in [4.69, 9.17) is 5.73 Å². The third-order valence-corrected chi connectivity index (χ3v) is 7.91. The molecule has 0 saturated carbocycles. The van der Waals surface area contributed by atoms with Gasteiger partial charge in [-0.1, -0.05) is 39.1 Å². The van der Waals surface area contributed by atoms with E-state index in [1.807, 2.05) is 12.1 Å². The summed E-state index contributed by atoms with van der Waals surface area (Å²) in [4.78, 5) is 36.2. The molecule has 0 saturated heterocycles. The van der Waals surface area contributed by atoms with Crippen LogP contribution in [0, 0.1) is 23.3 Å². The number of alkyl carbamates (subject to hydrolysis) is 1. The molecular weight excluding hydrogens is 664 g/mol. The van der Waals surface area contributed by atoms with Gasteiger partial charge in [-0.15, -0.1) is 12.4 Å². The zero-order valence-electron chi connectivity index (χ0n) is 25.0. The predicted molar refractivity (Wildman–Crippen MR) is 184 cm³/mol. The number of hydrogen-bond acceptors (Lipinski definition) is 5. The van der Waals surface area contributed by atoms with Crippen LogP contribution in [-0.4, -0.2) is 25.0 Å². The summed E-state index contributed by atoms with van der Waals surface area (Å²) < 4.78 is 56.9. The van der Waals surface area contributed by atoms with Gasteiger partial charge in [0.05, 0.1) is 13.2 Å². The van der Waals surface area contributed by atoms with Crippen molar-refractivity contribution >= 4 is 41.7 Å². The van der Waals surface area contributed by atoms with Crippen molar-refractivity contribution in [1.82, 2.24) is 5.32 Å². The molecule has 0 unspecified atom stereocenters. The first kappa shape index (κ1) is 40.2. The molecule has 262 valence electrons. The van der Waals surface area contributed by atoms with Gasteiger partial charge >= 0.3 is 6.09 Å². The molecule has 2 atom stereocenters. The first-order chi connectivity index (χ1) is 22.0. The Bertz CT molecular complexity index is 1820. The third-order valence-electron chi connectivity index (χ3n) is 7.91. The average molecular weight is 703 g/mol. The molecule has 0 aliphatic heterocycles. The molecule has 2 aliphatic rings. The number of carbonyl (C=O) groups is 3. The van der Waals surface area contributed by atoms with Crippen LogP contribution in [0.2, 0.25) is 0 Å². The smallest absolute Gasteiger partial charge is 0.407 e. The van der Waals surface area contributed by atoms with Crippen molar-refractivity contribution in [3.05, 3.63) is 129 Å². The maximum absolute atomic E-state index is 13.3. The second-order valence-electron chi connectivity index (χ2n) is 10.8. The van der Waals surface area contributed by atoms with E-state index in [-0.39, 0.29) is 56.6 Å². The van der Waals surface area contributed by atoms with Gasteiger partial charge in [0, 0.05) is 40.7 Å². The summed E-state index contributed by atoms with van der Waals surface area (Å²) in [6.07, 6.45) is 2.29. The summed E-state index contributed by atoms with van der Waals surface area (Å²) in [6.45, 7) is 0. The highest BCUT2D eigenvalue weighted by molar-refractivity contribution is 6.06. The molecular formula is C36H39ClF4N4O4. The largest absolute Gasteiger partial charge is 0.453 e. The van der Waals surface area contributed by atoms with Gasteiger partial charge < -0.3 is 26.4 Å². The van der Waals surface area contributed by atoms with Gasteiger partial charge in [-0.3, -0.25) is 9.59 Å². The molecule has 0 heterocycles. The van der Waals surface area contributed by atoms with E-state index in [1.165, 1.54) is 19.2 Å². The Labute approximate surface area is 288 Å². The van der Waals surface area contributed by atoms with Crippen molar-refractivity contribution in [2.45, 2.75) is 52.6 Å². The van der Waals surface area contributed by atoms with E-state index in [0.717, 1.165) is 59.4 Å². The molecule has 4 aromatic carbocycles. The van der Waals surface area contributed by atoms with Crippen LogP contribution in [0.25, 0.3) is 0 Å². The summed E-state index contributed by atoms with van der Waals surface area (Å²) in [6, 6.07) is 16.8. The fourth-order valence-electron chi connectivity index (χ4n) is 5.66. The van der Waals surface area contributed by atoms with Crippen LogP contribution >= 0.6 is 12.4 Å². The van der Waals surface area contributed by atoms with Crippen LogP contribution in [0.15, 0.2) is 72.8 Å². The highest BCUT2D eigenvalue weighted by Gasteiger charge is 2.28. The molecule has 49 heavy (non-hydrogen) atoms. The van der Waals surface area contributed by atoms with Crippen LogP contribution in [0.5, 0.6) is 0 Å². The Morgan fingerprint density at radius 3 is 1.65 bits per heavy atom. The molecule has 0 aromatic heterocycles. The monoisotopic (exact) mass is 702 g/mol. The minimum Gasteiger partial charge on any atom is -0.453 e. The van der Waals surface area contributed by atoms with Gasteiger partial charge in [0.15, 0.2) is 23.3 Å². The lowest BCUT2D eigenvalue weighted by Gasteiger charge is -2.14. The van der Waals surface area contributed by atoms with Gasteiger partial charge in [-0.05, 0) is 84.3 Å². The number of methoxy groups -OCH3 is 1. The number of nitrogens with one attached hydrogen (secondary N) is 3. The number of carbonyl (C=O) groups excluding carboxylic acids is 3. The van der Waals surface area contributed by atoms with Crippen LogP contribution in [0.3, 0.4) is 0 Å². The highest BCUT2D eigenvalue weighted by atomic mass is 35.5. The van der Waals surface area contributed by atoms with Crippen LogP contribution < -0.4 is 21.7 Å². The van der Waals surface area contributed by atoms with Gasteiger partial charge in [0.2, 0.25) is 0 Å². The molecule has 2 aliphatic carbocycles. The summed E-state index contributed by atoms with van der Waals surface area (Å²) in [7, 11) is 1.29. The van der Waals surface area contributed by atoms with Gasteiger partial charge in [0.1, 0.15) is 0 Å². The first-order valence-electron chi connectivity index (χ1n) is 14.4. The zero-order valence-corrected chi connectivity index (χ0v) is 25.9. The van der Waals surface area contributed by atoms with Gasteiger partial charge in [-0.25, -0.2) is 22.4 Å². The molecule has 0 fully saturated rings. The SMILES string of the molecule is C.C.COC(=O)N[C@H]1CCc2c(C(=O)Nc3ccc(F)c(F)c3)cccc21.Cl.N[C@H]1CCc2c(C(=O)Nc3ccc(F)c(F)c3)cccc21. The maximum Gasteiger partial charge on any atom is 0.407 e. The number of nitrogens with two attached hydrogens (primary N) is 1. The molecule has 0 bridgehead atoms. The number of benzene rings is 4. The summed E-state index contributed by atoms with van der Waals surface area (Å²) in [5.41, 5.74) is 10.9. The van der Waals surface area contributed by atoms with Crippen molar-refractivity contribution in [2.24, 2.45) is 5.73 Å². The fraction of sp³-hybridized carbons (Fsp3) is 0.250. The first-order valence-corrected chi connectivity index (χ1v) is 14.4. The number of hydrogen-bond donors (Lipinski definition) is 4. The van der Waals surface area contributed by atoms with E-state index in [2.05, 4.69) is 20.7 Å². The minimum absolute atomic E-state index is 0. The number of rotatable bonds is 5. The Balaban J connectivity index is 0.000000324. The van der Waals surface area contributed by atoms with E-state index >= 15 is 0 Å². The number of fused-ring (bicyclic) bond motifs is 2. The molecule has 13 heteroatoms. The topological polar surface area (TPSA) is 123 Å². The van der Waals surface area contributed by atoms with Crippen LogP contribution in [0.4, 0.5) is 33.7 Å². The third kappa shape index (κ3) is 9.15. The van der Waals surface area contributed by atoms with Crippen LogP contribution in [0.1, 0.15) is 82.7 Å². The Morgan fingerprint density at radius 2 is 1.16 bits per heavy atom. The number of amides is 3. The standard InChI is InChI=1S/C18H16F2N2O3.C16H14F2N2O.2CH4.ClH/c1-25-18(24)22-16-8-6-11-12(16)3-2-4-13(11)17(23)21-10-5-7-14(19)15(20)9-10;17-13-6-4-9(8-14(13)18)20-16(21)12-3-1-2-11-10(12)5-7-15(11)19;;;/h2-5,7,9,16H,6,8H2,1H3,(H,21,23)(H,22,24);1-4,6,8,15H,5,7,19H2,(H,20,21);2*1H4;1H/t16-;15-;;;/m00.../s1. The summed E-state index contributed by atoms with van der Waals surface area (Å²) in [5, 5.41) is 7.88. The van der Waals surface area contributed by atoms with E-state index in [1.54, 1.807) is 24.3 Å². The lowest BCUT2D eigenvalue weighted by atomic mass is 10.0. The maximum atomic E-state index is 13.3. The van der Waals surface area contributed by atoms with E-state index < -0.39 is 35.3 Å². The summed E-state index contributed by atoms with van der Waals surface area (Å²) >= 11 is 0. The zero-order chi connectivity index (χ0) is 33.0. The van der Waals surface area contributed by atoms with Crippen molar-refractivity contribution in [3.63, 3.8) is 0 Å². The van der Waals surface area contributed by atoms with Crippen molar-refractivity contribution in [2.75, 3.05) is 17.7 Å². The van der Waals surface area contributed by atoms with Gasteiger partial charge in [-0.2, -0.15) is 0 Å². The number of halogens is 5. The van der Waals surface area contributed by atoms with Crippen LogP contribution in [-0.2, 0) is 17.6 Å². The van der Waals surface area contributed by atoms with Crippen molar-refractivity contribution < 1.29 is 36.7 Å². The second kappa shape index (κ2) is 17.5. The molecule has 6 rings (SSSR count). The predicted octanol–water partition coefficient (Wildman–Crippen LogP) is 8.42. The Morgan fingerprint density at radius 1 is 0.694 bits per heavy atom. The molecule has 5 N–H and O–H groups in total. The van der Waals surface area contributed by atoms with E-state index in [9.17, 15) is 31.9 Å². The second-order valence-corrected chi connectivity index (χ2v) is 10.8. The quantitative estimate of drug-likeness (QED) is 0.156. The Hall–Kier alpha value is -4.94. The van der Waals surface area contributed by atoms with Crippen molar-refractivity contribution in [1.29, 1.82) is 0 Å². The Kier molecular flexibility index (Phi) is 14.3. The van der Waals surface area contributed by atoms with Crippen molar-refractivity contribution in [3.8, 4) is 0 Å². The van der Waals surface area contributed by atoms with Gasteiger partial charge in [0.25, 0.3) is 11.8 Å². The average Bonchev–Trinajstić information content (AvgIpc) is 3.64. The lowest BCUT2D eigenvalue weighted by molar-refractivity contribution is 0.101. The fourth-order valence-corrected chi connectivity index (χ4v) is 5.66. The molecule has 8 nitrogen and oxygen atoms in total. The lowest BCUT2D eigenvalue weighted by Crippen LogP contribution is -2.26. The molecule has 4 aromatic rings.